The second-order valence-electron chi connectivity index (χ2n) is 6.80. The van der Waals surface area contributed by atoms with E-state index in [-0.39, 0.29) is 5.56 Å². The number of aromatic nitrogens is 1. The van der Waals surface area contributed by atoms with Crippen molar-refractivity contribution in [1.82, 2.24) is 9.71 Å². The van der Waals surface area contributed by atoms with Crippen LogP contribution in [0.5, 0.6) is 5.75 Å². The van der Waals surface area contributed by atoms with Crippen LogP contribution in [-0.4, -0.2) is 33.6 Å². The van der Waals surface area contributed by atoms with Gasteiger partial charge in [-0.15, -0.1) is 0 Å². The predicted molar refractivity (Wildman–Crippen MR) is 113 cm³/mol. The first-order valence-corrected chi connectivity index (χ1v) is 10.9. The van der Waals surface area contributed by atoms with E-state index in [1.165, 1.54) is 19.4 Å². The number of hydrogen-bond acceptors (Lipinski definition) is 6. The van der Waals surface area contributed by atoms with Gasteiger partial charge < -0.3 is 9.47 Å². The van der Waals surface area contributed by atoms with Crippen LogP contribution in [0.3, 0.4) is 0 Å². The highest BCUT2D eigenvalue weighted by molar-refractivity contribution is 7.89. The van der Waals surface area contributed by atoms with Crippen molar-refractivity contribution in [2.75, 3.05) is 14.2 Å². The van der Waals surface area contributed by atoms with Crippen LogP contribution in [0, 0.1) is 0 Å². The van der Waals surface area contributed by atoms with Crippen LogP contribution >= 0.6 is 0 Å². The zero-order valence-corrected chi connectivity index (χ0v) is 18.3. The number of halogens is 3. The van der Waals surface area contributed by atoms with E-state index in [2.05, 4.69) is 9.71 Å². The monoisotopic (exact) mass is 480 g/mol. The molecule has 1 unspecified atom stereocenters. The second kappa shape index (κ2) is 9.59. The summed E-state index contributed by atoms with van der Waals surface area (Å²) in [5.74, 6) is -0.488. The summed E-state index contributed by atoms with van der Waals surface area (Å²) in [7, 11) is -1.99. The van der Waals surface area contributed by atoms with E-state index in [0.717, 1.165) is 25.3 Å². The number of nitrogens with zero attached hydrogens (tertiary/aromatic N) is 1. The average molecular weight is 480 g/mol. The smallest absolute Gasteiger partial charge is 0.416 e. The molecular formula is C22H19F3N2O5S. The predicted octanol–water partition coefficient (Wildman–Crippen LogP) is 3.97. The van der Waals surface area contributed by atoms with Crippen LogP contribution in [0.15, 0.2) is 71.9 Å². The SMILES string of the molecule is COC(=O)C(NS(=O)(=O)c1cccc(C(F)(F)F)c1)c1cccc(-c2ccncc2OC)c1. The molecule has 3 rings (SSSR count). The number of ether oxygens (including phenoxy) is 2. The number of benzene rings is 2. The summed E-state index contributed by atoms with van der Waals surface area (Å²) in [6, 6.07) is 9.75. The lowest BCUT2D eigenvalue weighted by atomic mass is 10.00. The fourth-order valence-electron chi connectivity index (χ4n) is 3.10. The summed E-state index contributed by atoms with van der Waals surface area (Å²) >= 11 is 0. The number of carbonyl (C=O) groups excluding carboxylic acids is 1. The van der Waals surface area contributed by atoms with Crippen molar-refractivity contribution in [1.29, 1.82) is 0 Å². The highest BCUT2D eigenvalue weighted by Gasteiger charge is 2.33. The van der Waals surface area contributed by atoms with Gasteiger partial charge >= 0.3 is 12.1 Å². The highest BCUT2D eigenvalue weighted by atomic mass is 32.2. The third-order valence-electron chi connectivity index (χ3n) is 4.72. The quantitative estimate of drug-likeness (QED) is 0.515. The maximum atomic E-state index is 13.0. The number of hydrogen-bond donors (Lipinski definition) is 1. The third kappa shape index (κ3) is 5.49. The molecule has 2 aromatic carbocycles. The highest BCUT2D eigenvalue weighted by Crippen LogP contribution is 2.32. The van der Waals surface area contributed by atoms with Crippen molar-refractivity contribution in [2.45, 2.75) is 17.1 Å². The van der Waals surface area contributed by atoms with E-state index in [0.29, 0.717) is 22.9 Å². The van der Waals surface area contributed by atoms with Gasteiger partial charge in [-0.3, -0.25) is 4.98 Å². The van der Waals surface area contributed by atoms with Crippen LogP contribution < -0.4 is 9.46 Å². The summed E-state index contributed by atoms with van der Waals surface area (Å²) in [5, 5.41) is 0. The molecule has 0 amide bonds. The van der Waals surface area contributed by atoms with E-state index in [4.69, 9.17) is 9.47 Å². The standard InChI is InChI=1S/C22H19F3N2O5S/c1-31-19-13-26-10-9-18(19)14-5-3-6-15(11-14)20(21(28)32-2)27-33(29,30)17-8-4-7-16(12-17)22(23,24)25/h3-13,20,27H,1-2H3. The number of nitrogens with one attached hydrogen (secondary N) is 1. The van der Waals surface area contributed by atoms with Crippen LogP contribution in [0.2, 0.25) is 0 Å². The first-order chi connectivity index (χ1) is 15.6. The fraction of sp³-hybridized carbons (Fsp3) is 0.182. The van der Waals surface area contributed by atoms with Crippen molar-refractivity contribution >= 4 is 16.0 Å². The Morgan fingerprint density at radius 1 is 1.06 bits per heavy atom. The van der Waals surface area contributed by atoms with Gasteiger partial charge in [0, 0.05) is 11.8 Å². The number of esters is 1. The zero-order valence-electron chi connectivity index (χ0n) is 17.5. The van der Waals surface area contributed by atoms with Crippen LogP contribution in [-0.2, 0) is 25.7 Å². The Kier molecular flexibility index (Phi) is 7.04. The molecule has 0 spiro atoms. The topological polar surface area (TPSA) is 94.6 Å². The largest absolute Gasteiger partial charge is 0.494 e. The lowest BCUT2D eigenvalue weighted by molar-refractivity contribution is -0.142. The molecule has 1 heterocycles. The van der Waals surface area contributed by atoms with Gasteiger partial charge in [0.05, 0.1) is 30.9 Å². The maximum absolute atomic E-state index is 13.0. The Labute approximate surface area is 188 Å². The summed E-state index contributed by atoms with van der Waals surface area (Å²) < 4.78 is 77.0. The summed E-state index contributed by atoms with van der Waals surface area (Å²) in [6.07, 6.45) is -1.69. The average Bonchev–Trinajstić information content (AvgIpc) is 2.81. The van der Waals surface area contributed by atoms with E-state index in [1.807, 2.05) is 0 Å². The summed E-state index contributed by atoms with van der Waals surface area (Å²) in [4.78, 5) is 15.8. The Morgan fingerprint density at radius 3 is 2.45 bits per heavy atom. The minimum absolute atomic E-state index is 0.216. The molecule has 0 fully saturated rings. The van der Waals surface area contributed by atoms with Gasteiger partial charge in [-0.1, -0.05) is 24.3 Å². The van der Waals surface area contributed by atoms with E-state index < -0.39 is 38.7 Å². The summed E-state index contributed by atoms with van der Waals surface area (Å²) in [5.41, 5.74) is 0.318. The first-order valence-electron chi connectivity index (χ1n) is 9.42. The molecule has 174 valence electrons. The van der Waals surface area contributed by atoms with Crippen molar-refractivity contribution in [3.05, 3.63) is 78.1 Å². The number of alkyl halides is 3. The Morgan fingerprint density at radius 2 is 1.79 bits per heavy atom. The molecule has 0 aliphatic heterocycles. The van der Waals surface area contributed by atoms with Crippen molar-refractivity contribution in [2.24, 2.45) is 0 Å². The normalized spacial score (nSPS) is 12.8. The molecule has 1 aromatic heterocycles. The number of pyridine rings is 1. The second-order valence-corrected chi connectivity index (χ2v) is 8.52. The molecular weight excluding hydrogens is 461 g/mol. The molecule has 3 aromatic rings. The minimum atomic E-state index is -4.73. The molecule has 7 nitrogen and oxygen atoms in total. The maximum Gasteiger partial charge on any atom is 0.416 e. The van der Waals surface area contributed by atoms with E-state index in [9.17, 15) is 26.4 Å². The number of rotatable bonds is 7. The number of sulfonamides is 1. The number of methoxy groups -OCH3 is 2. The van der Waals surface area contributed by atoms with Gasteiger partial charge in [-0.05, 0) is 41.5 Å². The van der Waals surface area contributed by atoms with Gasteiger partial charge in [0.25, 0.3) is 0 Å². The van der Waals surface area contributed by atoms with Crippen LogP contribution in [0.25, 0.3) is 11.1 Å². The van der Waals surface area contributed by atoms with Crippen LogP contribution in [0.1, 0.15) is 17.2 Å². The Balaban J connectivity index is 2.02. The van der Waals surface area contributed by atoms with Gasteiger partial charge in [-0.2, -0.15) is 17.9 Å². The molecule has 1 atom stereocenters. The molecule has 1 N–H and O–H groups in total. The van der Waals surface area contributed by atoms with E-state index >= 15 is 0 Å². The molecule has 11 heteroatoms. The fourth-order valence-corrected chi connectivity index (χ4v) is 4.32. The lowest BCUT2D eigenvalue weighted by Crippen LogP contribution is -2.34. The van der Waals surface area contributed by atoms with Gasteiger partial charge in [0.2, 0.25) is 10.0 Å². The van der Waals surface area contributed by atoms with Crippen LogP contribution in [0.4, 0.5) is 13.2 Å². The van der Waals surface area contributed by atoms with Gasteiger partial charge in [0.15, 0.2) is 0 Å². The molecule has 0 saturated carbocycles. The third-order valence-corrected chi connectivity index (χ3v) is 6.14. The summed E-state index contributed by atoms with van der Waals surface area (Å²) in [6.45, 7) is 0. The molecule has 0 radical (unpaired) electrons. The number of carbonyl (C=O) groups is 1. The van der Waals surface area contributed by atoms with Crippen molar-refractivity contribution in [3.63, 3.8) is 0 Å². The van der Waals surface area contributed by atoms with E-state index in [1.54, 1.807) is 30.5 Å². The molecule has 0 aliphatic rings. The Bertz CT molecular complexity index is 1260. The van der Waals surface area contributed by atoms with Gasteiger partial charge in [-0.25, -0.2) is 13.2 Å². The molecule has 0 bridgehead atoms. The molecule has 33 heavy (non-hydrogen) atoms. The first kappa shape index (κ1) is 24.2. The van der Waals surface area contributed by atoms with Crippen molar-refractivity contribution < 1.29 is 35.9 Å². The Hall–Kier alpha value is -3.44. The minimum Gasteiger partial charge on any atom is -0.494 e. The molecule has 0 aliphatic carbocycles. The lowest BCUT2D eigenvalue weighted by Gasteiger charge is -2.19. The van der Waals surface area contributed by atoms with Gasteiger partial charge in [0.1, 0.15) is 11.8 Å². The zero-order chi connectivity index (χ0) is 24.2. The van der Waals surface area contributed by atoms with Crippen molar-refractivity contribution in [3.8, 4) is 16.9 Å². The molecule has 0 saturated heterocycles.